The van der Waals surface area contributed by atoms with E-state index in [1.54, 1.807) is 24.3 Å². The van der Waals surface area contributed by atoms with Crippen LogP contribution in [0.3, 0.4) is 0 Å². The number of para-hydroxylation sites is 1. The van der Waals surface area contributed by atoms with E-state index in [-0.39, 0.29) is 16.8 Å². The molecular weight excluding hydrogens is 389 g/mol. The maximum absolute atomic E-state index is 12.9. The third-order valence-electron chi connectivity index (χ3n) is 3.18. The molecule has 0 saturated carbocycles. The third kappa shape index (κ3) is 4.72. The summed E-state index contributed by atoms with van der Waals surface area (Å²) in [6.07, 6.45) is -4.17. The van der Waals surface area contributed by atoms with Crippen LogP contribution in [0.15, 0.2) is 46.9 Å². The number of amides is 2. The van der Waals surface area contributed by atoms with E-state index in [4.69, 9.17) is 5.11 Å². The summed E-state index contributed by atoms with van der Waals surface area (Å²) in [6.45, 7) is -0.0814. The highest BCUT2D eigenvalue weighted by atomic mass is 79.9. The van der Waals surface area contributed by atoms with Crippen LogP contribution in [0.1, 0.15) is 11.1 Å². The highest BCUT2D eigenvalue weighted by Gasteiger charge is 2.33. The topological polar surface area (TPSA) is 61.4 Å². The number of carbonyl (C=O) groups excluding carboxylic acids is 1. The minimum atomic E-state index is -4.53. The quantitative estimate of drug-likeness (QED) is 0.696. The van der Waals surface area contributed by atoms with Crippen molar-refractivity contribution in [3.8, 4) is 0 Å². The molecule has 3 N–H and O–H groups in total. The molecule has 0 aromatic heterocycles. The van der Waals surface area contributed by atoms with E-state index in [9.17, 15) is 18.0 Å². The zero-order valence-corrected chi connectivity index (χ0v) is 13.9. The fraction of sp³-hybridized carbons (Fsp3) is 0.188. The summed E-state index contributed by atoms with van der Waals surface area (Å²) in [4.78, 5) is 12.0. The van der Waals surface area contributed by atoms with E-state index < -0.39 is 17.8 Å². The van der Waals surface area contributed by atoms with Crippen molar-refractivity contribution in [2.45, 2.75) is 12.6 Å². The monoisotopic (exact) mass is 402 g/mol. The number of rotatable bonds is 4. The zero-order valence-electron chi connectivity index (χ0n) is 12.3. The van der Waals surface area contributed by atoms with Crippen LogP contribution >= 0.6 is 15.9 Å². The fourth-order valence-corrected chi connectivity index (χ4v) is 2.56. The molecule has 4 nitrogen and oxygen atoms in total. The van der Waals surface area contributed by atoms with Crippen LogP contribution in [0.25, 0.3) is 0 Å². The predicted molar refractivity (Wildman–Crippen MR) is 89.0 cm³/mol. The predicted octanol–water partition coefficient (Wildman–Crippen LogP) is 4.65. The molecule has 0 heterocycles. The third-order valence-corrected chi connectivity index (χ3v) is 3.87. The molecule has 2 aromatic carbocycles. The first-order valence-corrected chi connectivity index (χ1v) is 7.74. The Morgan fingerprint density at radius 1 is 1.12 bits per heavy atom. The molecule has 8 heteroatoms. The molecule has 0 radical (unpaired) electrons. The van der Waals surface area contributed by atoms with Crippen LogP contribution in [-0.2, 0) is 12.6 Å². The second-order valence-corrected chi connectivity index (χ2v) is 5.76. The maximum Gasteiger partial charge on any atom is 0.417 e. The number of alkyl halides is 3. The van der Waals surface area contributed by atoms with Crippen molar-refractivity contribution < 1.29 is 23.1 Å². The largest absolute Gasteiger partial charge is 0.417 e. The normalized spacial score (nSPS) is 11.2. The summed E-state index contributed by atoms with van der Waals surface area (Å²) >= 11 is 2.84. The summed E-state index contributed by atoms with van der Waals surface area (Å²) in [5.74, 6) is 0. The molecule has 0 spiro atoms. The van der Waals surface area contributed by atoms with Crippen LogP contribution in [0.2, 0.25) is 0 Å². The molecule has 2 amide bonds. The Hall–Kier alpha value is -2.06. The van der Waals surface area contributed by atoms with Gasteiger partial charge in [0.15, 0.2) is 0 Å². The lowest BCUT2D eigenvalue weighted by atomic mass is 10.1. The average molecular weight is 403 g/mol. The summed E-state index contributed by atoms with van der Waals surface area (Å²) in [6, 6.07) is 9.62. The van der Waals surface area contributed by atoms with Crippen molar-refractivity contribution in [2.24, 2.45) is 0 Å². The Labute approximate surface area is 144 Å². The Kier molecular flexibility index (Phi) is 5.84. The van der Waals surface area contributed by atoms with Crippen molar-refractivity contribution >= 4 is 33.3 Å². The summed E-state index contributed by atoms with van der Waals surface area (Å²) in [7, 11) is 0. The number of aliphatic hydroxyl groups excluding tert-OH is 1. The van der Waals surface area contributed by atoms with E-state index in [1.165, 1.54) is 12.1 Å². The van der Waals surface area contributed by atoms with Gasteiger partial charge >= 0.3 is 12.2 Å². The molecule has 0 fully saturated rings. The Balaban J connectivity index is 2.14. The van der Waals surface area contributed by atoms with Crippen molar-refractivity contribution in [1.82, 2.24) is 0 Å². The molecule has 0 aliphatic carbocycles. The van der Waals surface area contributed by atoms with Gasteiger partial charge in [-0.2, -0.15) is 13.2 Å². The van der Waals surface area contributed by atoms with Gasteiger partial charge in [-0.25, -0.2) is 4.79 Å². The first kappa shape index (κ1) is 18.3. The lowest BCUT2D eigenvalue weighted by molar-refractivity contribution is -0.138. The molecular formula is C16H14BrF3N2O2. The lowest BCUT2D eigenvalue weighted by Crippen LogP contribution is -2.21. The van der Waals surface area contributed by atoms with Gasteiger partial charge in [0.2, 0.25) is 0 Å². The second kappa shape index (κ2) is 7.67. The van der Waals surface area contributed by atoms with Gasteiger partial charge in [0, 0.05) is 22.5 Å². The SMILES string of the molecule is O=C(Nc1ccc(Br)c(C(F)(F)F)c1)Nc1ccccc1CCO. The van der Waals surface area contributed by atoms with Gasteiger partial charge in [0.05, 0.1) is 5.56 Å². The number of nitrogens with one attached hydrogen (secondary N) is 2. The van der Waals surface area contributed by atoms with E-state index in [0.29, 0.717) is 12.1 Å². The number of halogens is 4. The van der Waals surface area contributed by atoms with Crippen LogP contribution in [0.4, 0.5) is 29.3 Å². The van der Waals surface area contributed by atoms with Crippen LogP contribution in [-0.4, -0.2) is 17.7 Å². The Bertz CT molecular complexity index is 736. The first-order valence-electron chi connectivity index (χ1n) is 6.95. The number of carbonyl (C=O) groups is 1. The average Bonchev–Trinajstić information content (AvgIpc) is 2.50. The van der Waals surface area contributed by atoms with E-state index in [2.05, 4.69) is 26.6 Å². The Morgan fingerprint density at radius 3 is 2.50 bits per heavy atom. The van der Waals surface area contributed by atoms with Crippen LogP contribution < -0.4 is 10.6 Å². The molecule has 0 bridgehead atoms. The zero-order chi connectivity index (χ0) is 17.7. The molecule has 2 rings (SSSR count). The summed E-state index contributed by atoms with van der Waals surface area (Å²) < 4.78 is 38.5. The Morgan fingerprint density at radius 2 is 1.83 bits per heavy atom. The summed E-state index contributed by atoms with van der Waals surface area (Å²) in [5, 5.41) is 13.9. The second-order valence-electron chi connectivity index (χ2n) is 4.90. The van der Waals surface area contributed by atoms with Crippen LogP contribution in [0, 0.1) is 0 Å². The van der Waals surface area contributed by atoms with E-state index in [1.807, 2.05) is 0 Å². The van der Waals surface area contributed by atoms with Gasteiger partial charge in [-0.3, -0.25) is 0 Å². The minimum Gasteiger partial charge on any atom is -0.396 e. The number of hydrogen-bond donors (Lipinski definition) is 3. The molecule has 0 saturated heterocycles. The number of anilines is 2. The minimum absolute atomic E-state index is 0.0164. The molecule has 2 aromatic rings. The molecule has 0 unspecified atom stereocenters. The van der Waals surface area contributed by atoms with Gasteiger partial charge < -0.3 is 15.7 Å². The fourth-order valence-electron chi connectivity index (χ4n) is 2.09. The number of benzene rings is 2. The van der Waals surface area contributed by atoms with Gasteiger partial charge in [0.25, 0.3) is 0 Å². The van der Waals surface area contributed by atoms with Gasteiger partial charge in [-0.1, -0.05) is 34.1 Å². The van der Waals surface area contributed by atoms with Gasteiger partial charge in [0.1, 0.15) is 0 Å². The molecule has 0 aliphatic heterocycles. The molecule has 0 atom stereocenters. The number of urea groups is 1. The molecule has 0 aliphatic rings. The van der Waals surface area contributed by atoms with Crippen molar-refractivity contribution in [1.29, 1.82) is 0 Å². The summed E-state index contributed by atoms with van der Waals surface area (Å²) in [5.41, 5.74) is 0.350. The van der Waals surface area contributed by atoms with E-state index >= 15 is 0 Å². The van der Waals surface area contributed by atoms with Crippen molar-refractivity contribution in [3.05, 3.63) is 58.1 Å². The smallest absolute Gasteiger partial charge is 0.396 e. The highest BCUT2D eigenvalue weighted by molar-refractivity contribution is 9.10. The van der Waals surface area contributed by atoms with Crippen LogP contribution in [0.5, 0.6) is 0 Å². The van der Waals surface area contributed by atoms with Crippen molar-refractivity contribution in [2.75, 3.05) is 17.2 Å². The maximum atomic E-state index is 12.9. The molecule has 128 valence electrons. The van der Waals surface area contributed by atoms with E-state index in [0.717, 1.165) is 11.6 Å². The van der Waals surface area contributed by atoms with Crippen molar-refractivity contribution in [3.63, 3.8) is 0 Å². The molecule has 24 heavy (non-hydrogen) atoms. The number of aliphatic hydroxyl groups is 1. The standard InChI is InChI=1S/C16H14BrF3N2O2/c17-13-6-5-11(9-12(13)16(18,19)20)21-15(24)22-14-4-2-1-3-10(14)7-8-23/h1-6,9,23H,7-8H2,(H2,21,22,24). The van der Waals surface area contributed by atoms with Gasteiger partial charge in [-0.15, -0.1) is 0 Å². The van der Waals surface area contributed by atoms with Gasteiger partial charge in [-0.05, 0) is 36.2 Å². The highest BCUT2D eigenvalue weighted by Crippen LogP contribution is 2.36. The first-order chi connectivity index (χ1) is 11.3. The lowest BCUT2D eigenvalue weighted by Gasteiger charge is -2.14. The number of hydrogen-bond acceptors (Lipinski definition) is 2.